The van der Waals surface area contributed by atoms with Crippen LogP contribution in [-0.4, -0.2) is 31.5 Å². The van der Waals surface area contributed by atoms with Gasteiger partial charge in [-0.3, -0.25) is 4.79 Å². The maximum absolute atomic E-state index is 11.9. The summed E-state index contributed by atoms with van der Waals surface area (Å²) in [7, 11) is 1.59. The average molecular weight is 284 g/mol. The monoisotopic (exact) mass is 283 g/mol. The summed E-state index contributed by atoms with van der Waals surface area (Å²) >= 11 is 5.96. The van der Waals surface area contributed by atoms with E-state index in [1.165, 1.54) is 5.56 Å². The van der Waals surface area contributed by atoms with Crippen LogP contribution in [0.15, 0.2) is 24.3 Å². The Balaban J connectivity index is 2.59. The minimum absolute atomic E-state index is 0.0920. The molecule has 0 fully saturated rings. The Kier molecular flexibility index (Phi) is 5.83. The Bertz CT molecular complexity index is 409. The van der Waals surface area contributed by atoms with E-state index in [0.717, 1.165) is 0 Å². The number of carbonyl (C=O) groups is 1. The Labute approximate surface area is 120 Å². The van der Waals surface area contributed by atoms with Crippen molar-refractivity contribution in [2.45, 2.75) is 31.6 Å². The molecule has 1 N–H and O–H groups in total. The molecule has 1 aromatic rings. The van der Waals surface area contributed by atoms with Crippen molar-refractivity contribution in [2.75, 3.05) is 20.3 Å². The van der Waals surface area contributed by atoms with Gasteiger partial charge in [-0.2, -0.15) is 0 Å². The molecule has 3 nitrogen and oxygen atoms in total. The Hall–Kier alpha value is -1.06. The van der Waals surface area contributed by atoms with Gasteiger partial charge in [0, 0.05) is 19.2 Å². The van der Waals surface area contributed by atoms with E-state index < -0.39 is 0 Å². The fraction of sp³-hybridized carbons (Fsp3) is 0.533. The fourth-order valence-corrected chi connectivity index (χ4v) is 1.87. The van der Waals surface area contributed by atoms with Crippen LogP contribution in [0.25, 0.3) is 0 Å². The SMILES string of the molecule is COCC(Cl)CNC(=O)c1ccc(C(C)(C)C)cc1. The fourth-order valence-electron chi connectivity index (χ4n) is 1.67. The van der Waals surface area contributed by atoms with Crippen molar-refractivity contribution >= 4 is 17.5 Å². The molecule has 0 saturated carbocycles. The van der Waals surface area contributed by atoms with Gasteiger partial charge in [0.2, 0.25) is 0 Å². The quantitative estimate of drug-likeness (QED) is 0.844. The van der Waals surface area contributed by atoms with Crippen LogP contribution in [0.1, 0.15) is 36.7 Å². The zero-order valence-electron chi connectivity index (χ0n) is 12.0. The van der Waals surface area contributed by atoms with E-state index in [1.807, 2.05) is 24.3 Å². The van der Waals surface area contributed by atoms with E-state index in [-0.39, 0.29) is 16.7 Å². The van der Waals surface area contributed by atoms with Crippen LogP contribution < -0.4 is 5.32 Å². The second kappa shape index (κ2) is 6.92. The lowest BCUT2D eigenvalue weighted by Crippen LogP contribution is -2.31. The number of amides is 1. The molecular weight excluding hydrogens is 262 g/mol. The number of benzene rings is 1. The number of hydrogen-bond acceptors (Lipinski definition) is 2. The van der Waals surface area contributed by atoms with Gasteiger partial charge in [0.25, 0.3) is 5.91 Å². The van der Waals surface area contributed by atoms with Gasteiger partial charge in [-0.05, 0) is 23.1 Å². The summed E-state index contributed by atoms with van der Waals surface area (Å²) in [5, 5.41) is 2.59. The molecule has 4 heteroatoms. The van der Waals surface area contributed by atoms with Gasteiger partial charge in [-0.15, -0.1) is 11.6 Å². The summed E-state index contributed by atoms with van der Waals surface area (Å²) in [6.45, 7) is 7.25. The molecule has 0 radical (unpaired) electrons. The summed E-state index contributed by atoms with van der Waals surface area (Å²) in [5.41, 5.74) is 1.95. The molecule has 0 aliphatic rings. The molecule has 0 aliphatic heterocycles. The second-order valence-corrected chi connectivity index (χ2v) is 6.21. The predicted octanol–water partition coefficient (Wildman–Crippen LogP) is 2.97. The molecule has 1 aromatic carbocycles. The van der Waals surface area contributed by atoms with E-state index >= 15 is 0 Å². The molecule has 1 rings (SSSR count). The first kappa shape index (κ1) is 16.0. The Morgan fingerprint density at radius 1 is 1.32 bits per heavy atom. The Morgan fingerprint density at radius 3 is 2.37 bits per heavy atom. The summed E-state index contributed by atoms with van der Waals surface area (Å²) in [4.78, 5) is 11.9. The number of ether oxygens (including phenoxy) is 1. The highest BCUT2D eigenvalue weighted by Gasteiger charge is 2.14. The lowest BCUT2D eigenvalue weighted by molar-refractivity contribution is 0.0949. The number of carbonyl (C=O) groups excluding carboxylic acids is 1. The minimum Gasteiger partial charge on any atom is -0.383 e. The highest BCUT2D eigenvalue weighted by molar-refractivity contribution is 6.21. The van der Waals surface area contributed by atoms with Crippen LogP contribution >= 0.6 is 11.6 Å². The topological polar surface area (TPSA) is 38.3 Å². The third kappa shape index (κ3) is 5.21. The molecule has 19 heavy (non-hydrogen) atoms. The van der Waals surface area contributed by atoms with Crippen molar-refractivity contribution in [1.82, 2.24) is 5.32 Å². The minimum atomic E-state index is -0.206. The van der Waals surface area contributed by atoms with Gasteiger partial charge in [0.15, 0.2) is 0 Å². The van der Waals surface area contributed by atoms with Crippen molar-refractivity contribution in [3.05, 3.63) is 35.4 Å². The normalized spacial score (nSPS) is 13.1. The summed E-state index contributed by atoms with van der Waals surface area (Å²) in [6, 6.07) is 7.66. The van der Waals surface area contributed by atoms with E-state index in [0.29, 0.717) is 18.7 Å². The number of rotatable bonds is 5. The molecular formula is C15H22ClNO2. The lowest BCUT2D eigenvalue weighted by Gasteiger charge is -2.19. The zero-order valence-corrected chi connectivity index (χ0v) is 12.8. The van der Waals surface area contributed by atoms with Gasteiger partial charge < -0.3 is 10.1 Å². The van der Waals surface area contributed by atoms with Crippen molar-refractivity contribution in [2.24, 2.45) is 0 Å². The van der Waals surface area contributed by atoms with Gasteiger partial charge >= 0.3 is 0 Å². The average Bonchev–Trinajstić information content (AvgIpc) is 2.35. The Morgan fingerprint density at radius 2 is 1.89 bits per heavy atom. The van der Waals surface area contributed by atoms with E-state index in [2.05, 4.69) is 26.1 Å². The maximum Gasteiger partial charge on any atom is 0.251 e. The molecule has 0 spiro atoms. The summed E-state index contributed by atoms with van der Waals surface area (Å²) in [6.07, 6.45) is 0. The van der Waals surface area contributed by atoms with Crippen LogP contribution in [0.4, 0.5) is 0 Å². The van der Waals surface area contributed by atoms with Crippen LogP contribution in [0, 0.1) is 0 Å². The number of nitrogens with one attached hydrogen (secondary N) is 1. The van der Waals surface area contributed by atoms with Crippen molar-refractivity contribution < 1.29 is 9.53 Å². The van der Waals surface area contributed by atoms with Crippen LogP contribution in [0.2, 0.25) is 0 Å². The molecule has 0 bridgehead atoms. The molecule has 1 atom stereocenters. The van der Waals surface area contributed by atoms with Crippen LogP contribution in [0.3, 0.4) is 0 Å². The van der Waals surface area contributed by atoms with E-state index in [4.69, 9.17) is 16.3 Å². The number of alkyl halides is 1. The second-order valence-electron chi connectivity index (χ2n) is 5.59. The highest BCUT2D eigenvalue weighted by Crippen LogP contribution is 2.22. The molecule has 0 aromatic heterocycles. The third-order valence-electron chi connectivity index (χ3n) is 2.84. The van der Waals surface area contributed by atoms with Gasteiger partial charge in [0.05, 0.1) is 12.0 Å². The largest absolute Gasteiger partial charge is 0.383 e. The predicted molar refractivity (Wildman–Crippen MR) is 79.0 cm³/mol. The van der Waals surface area contributed by atoms with Crippen molar-refractivity contribution in [1.29, 1.82) is 0 Å². The first-order valence-electron chi connectivity index (χ1n) is 6.36. The number of methoxy groups -OCH3 is 1. The number of halogens is 1. The third-order valence-corrected chi connectivity index (χ3v) is 3.13. The highest BCUT2D eigenvalue weighted by atomic mass is 35.5. The molecule has 1 amide bonds. The summed E-state index contributed by atoms with van der Waals surface area (Å²) in [5.74, 6) is -0.109. The van der Waals surface area contributed by atoms with Crippen molar-refractivity contribution in [3.63, 3.8) is 0 Å². The van der Waals surface area contributed by atoms with Gasteiger partial charge in [-0.1, -0.05) is 32.9 Å². The van der Waals surface area contributed by atoms with Crippen LogP contribution in [-0.2, 0) is 10.2 Å². The maximum atomic E-state index is 11.9. The zero-order chi connectivity index (χ0) is 14.5. The molecule has 0 aliphatic carbocycles. The first-order valence-corrected chi connectivity index (χ1v) is 6.80. The van der Waals surface area contributed by atoms with Gasteiger partial charge in [-0.25, -0.2) is 0 Å². The standard InChI is InChI=1S/C15H22ClNO2/c1-15(2,3)12-7-5-11(6-8-12)14(18)17-9-13(16)10-19-4/h5-8,13H,9-10H2,1-4H3,(H,17,18). The molecule has 106 valence electrons. The van der Waals surface area contributed by atoms with Crippen molar-refractivity contribution in [3.8, 4) is 0 Å². The molecule has 0 heterocycles. The molecule has 1 unspecified atom stereocenters. The van der Waals surface area contributed by atoms with E-state index in [9.17, 15) is 4.79 Å². The van der Waals surface area contributed by atoms with E-state index in [1.54, 1.807) is 7.11 Å². The van der Waals surface area contributed by atoms with Crippen LogP contribution in [0.5, 0.6) is 0 Å². The smallest absolute Gasteiger partial charge is 0.251 e. The number of hydrogen-bond donors (Lipinski definition) is 1. The lowest BCUT2D eigenvalue weighted by atomic mass is 9.87. The molecule has 0 saturated heterocycles. The van der Waals surface area contributed by atoms with Gasteiger partial charge in [0.1, 0.15) is 0 Å². The first-order chi connectivity index (χ1) is 8.84. The summed E-state index contributed by atoms with van der Waals surface area (Å²) < 4.78 is 4.91.